The average Bonchev–Trinajstić information content (AvgIpc) is 2.92. The van der Waals surface area contributed by atoms with Crippen LogP contribution in [0.15, 0.2) is 55.1 Å². The van der Waals surface area contributed by atoms with Gasteiger partial charge >= 0.3 is 0 Å². The van der Waals surface area contributed by atoms with Crippen molar-refractivity contribution >= 4 is 18.0 Å². The first-order chi connectivity index (χ1) is 12.3. The number of nitrogens with one attached hydrogen (secondary N) is 1. The zero-order valence-electron chi connectivity index (χ0n) is 14.4. The summed E-state index contributed by atoms with van der Waals surface area (Å²) < 4.78 is 0. The third kappa shape index (κ3) is 2.50. The smallest absolute Gasteiger partial charge is 0.143 e. The quantitative estimate of drug-likeness (QED) is 0.869. The molecule has 3 nitrogen and oxygen atoms in total. The fraction of sp³-hybridized carbons (Fsp3) is 0.318. The number of piperidine rings is 1. The third-order valence-electron chi connectivity index (χ3n) is 5.82. The van der Waals surface area contributed by atoms with Gasteiger partial charge in [-0.1, -0.05) is 55.1 Å². The molecule has 25 heavy (non-hydrogen) atoms. The molecule has 1 spiro atoms. The van der Waals surface area contributed by atoms with Crippen LogP contribution in [0.1, 0.15) is 29.5 Å². The van der Waals surface area contributed by atoms with E-state index in [1.807, 2.05) is 12.1 Å². The second kappa shape index (κ2) is 6.49. The van der Waals surface area contributed by atoms with Crippen LogP contribution >= 0.6 is 0 Å². The molecule has 0 aliphatic carbocycles. The molecule has 2 aliphatic heterocycles. The molecule has 0 aromatic heterocycles. The van der Waals surface area contributed by atoms with E-state index < -0.39 is 0 Å². The van der Waals surface area contributed by atoms with E-state index in [-0.39, 0.29) is 11.5 Å². The van der Waals surface area contributed by atoms with Crippen LogP contribution in [0.4, 0.5) is 5.69 Å². The molecular weight excluding hydrogens is 308 g/mol. The molecule has 0 saturated carbocycles. The van der Waals surface area contributed by atoms with Crippen molar-refractivity contribution in [2.24, 2.45) is 0 Å². The minimum Gasteiger partial charge on any atom is -0.356 e. The zero-order valence-corrected chi connectivity index (χ0v) is 14.4. The lowest BCUT2D eigenvalue weighted by Gasteiger charge is -2.40. The van der Waals surface area contributed by atoms with Crippen molar-refractivity contribution in [2.45, 2.75) is 30.8 Å². The Bertz CT molecular complexity index is 778. The molecule has 3 heteroatoms. The maximum absolute atomic E-state index is 12.3. The first kappa shape index (κ1) is 16.1. The van der Waals surface area contributed by atoms with Gasteiger partial charge in [0.05, 0.1) is 6.04 Å². The van der Waals surface area contributed by atoms with E-state index in [9.17, 15) is 4.79 Å². The standard InChI is InChI=1S/C22H24N2O/c1-2-18-9-6-10-19-21(18)22(11-13-23-14-12-22)20(16-25)24(19)15-17-7-4-3-5-8-17/h2-10,16,20,23H,1,11-15H2. The van der Waals surface area contributed by atoms with Crippen molar-refractivity contribution in [3.05, 3.63) is 71.8 Å². The Balaban J connectivity index is 1.86. The monoisotopic (exact) mass is 332 g/mol. The molecule has 1 unspecified atom stereocenters. The topological polar surface area (TPSA) is 32.3 Å². The van der Waals surface area contributed by atoms with Crippen LogP contribution in [0, 0.1) is 0 Å². The van der Waals surface area contributed by atoms with Crippen LogP contribution in [0.3, 0.4) is 0 Å². The lowest BCUT2D eigenvalue weighted by Crippen LogP contribution is -2.51. The van der Waals surface area contributed by atoms with Gasteiger partial charge in [0.15, 0.2) is 0 Å². The molecule has 0 bridgehead atoms. The molecule has 2 aromatic rings. The molecule has 128 valence electrons. The van der Waals surface area contributed by atoms with E-state index >= 15 is 0 Å². The van der Waals surface area contributed by atoms with Crippen LogP contribution in [-0.2, 0) is 16.8 Å². The number of hydrogen-bond acceptors (Lipinski definition) is 3. The molecule has 0 amide bonds. The van der Waals surface area contributed by atoms with Gasteiger partial charge in [-0.15, -0.1) is 0 Å². The maximum Gasteiger partial charge on any atom is 0.143 e. The van der Waals surface area contributed by atoms with Crippen molar-refractivity contribution in [3.8, 4) is 0 Å². The molecule has 2 aromatic carbocycles. The Morgan fingerprint density at radius 2 is 1.88 bits per heavy atom. The van der Waals surface area contributed by atoms with E-state index in [1.54, 1.807) is 0 Å². The SMILES string of the molecule is C=Cc1cccc2c1C1(CCNCC1)C(C=O)N2Cc1ccccc1. The first-order valence-electron chi connectivity index (χ1n) is 9.03. The molecule has 2 heterocycles. The molecule has 1 N–H and O–H groups in total. The summed E-state index contributed by atoms with van der Waals surface area (Å²) in [5.41, 5.74) is 4.80. The van der Waals surface area contributed by atoms with E-state index in [4.69, 9.17) is 0 Å². The largest absolute Gasteiger partial charge is 0.356 e. The van der Waals surface area contributed by atoms with Gasteiger partial charge in [0.25, 0.3) is 0 Å². The molecule has 2 aliphatic rings. The summed E-state index contributed by atoms with van der Waals surface area (Å²) in [5.74, 6) is 0. The molecule has 1 atom stereocenters. The van der Waals surface area contributed by atoms with Gasteiger partial charge < -0.3 is 15.0 Å². The second-order valence-electron chi connectivity index (χ2n) is 7.05. The van der Waals surface area contributed by atoms with E-state index in [0.717, 1.165) is 32.5 Å². The van der Waals surface area contributed by atoms with E-state index in [1.165, 1.54) is 28.7 Å². The van der Waals surface area contributed by atoms with Crippen molar-refractivity contribution < 1.29 is 4.79 Å². The highest BCUT2D eigenvalue weighted by Gasteiger charge is 2.51. The number of carbonyl (C=O) groups is 1. The summed E-state index contributed by atoms with van der Waals surface area (Å²) in [7, 11) is 0. The molecule has 4 rings (SSSR count). The summed E-state index contributed by atoms with van der Waals surface area (Å²) >= 11 is 0. The summed E-state index contributed by atoms with van der Waals surface area (Å²) in [6.07, 6.45) is 5.08. The van der Waals surface area contributed by atoms with E-state index in [2.05, 4.69) is 59.3 Å². The van der Waals surface area contributed by atoms with Gasteiger partial charge in [-0.05, 0) is 48.7 Å². The number of benzene rings is 2. The van der Waals surface area contributed by atoms with Gasteiger partial charge in [-0.3, -0.25) is 0 Å². The van der Waals surface area contributed by atoms with Crippen molar-refractivity contribution in [1.29, 1.82) is 0 Å². The normalized spacial score (nSPS) is 21.1. The second-order valence-corrected chi connectivity index (χ2v) is 7.05. The highest BCUT2D eigenvalue weighted by Crippen LogP contribution is 2.51. The summed E-state index contributed by atoms with van der Waals surface area (Å²) in [6, 6.07) is 16.7. The minimum atomic E-state index is -0.120. The minimum absolute atomic E-state index is 0.109. The van der Waals surface area contributed by atoms with Gasteiger partial charge in [0.2, 0.25) is 0 Å². The van der Waals surface area contributed by atoms with Crippen LogP contribution in [0.25, 0.3) is 6.08 Å². The van der Waals surface area contributed by atoms with E-state index in [0.29, 0.717) is 0 Å². The fourth-order valence-electron chi connectivity index (χ4n) is 4.69. The predicted octanol–water partition coefficient (Wildman–Crippen LogP) is 3.54. The lowest BCUT2D eigenvalue weighted by molar-refractivity contribution is -0.110. The van der Waals surface area contributed by atoms with Gasteiger partial charge in [-0.2, -0.15) is 0 Å². The van der Waals surface area contributed by atoms with Crippen LogP contribution in [0.5, 0.6) is 0 Å². The Hall–Kier alpha value is -2.39. The molecule has 1 saturated heterocycles. The number of carbonyl (C=O) groups excluding carboxylic acids is 1. The highest BCUT2D eigenvalue weighted by molar-refractivity contribution is 5.81. The lowest BCUT2D eigenvalue weighted by atomic mass is 9.69. The van der Waals surface area contributed by atoms with Crippen LogP contribution in [0.2, 0.25) is 0 Å². The van der Waals surface area contributed by atoms with Crippen LogP contribution < -0.4 is 10.2 Å². The number of hydrogen-bond donors (Lipinski definition) is 1. The first-order valence-corrected chi connectivity index (χ1v) is 9.03. The molecule has 0 radical (unpaired) electrons. The van der Waals surface area contributed by atoms with Gasteiger partial charge in [-0.25, -0.2) is 0 Å². The number of nitrogens with zero attached hydrogens (tertiary/aromatic N) is 1. The number of rotatable bonds is 4. The van der Waals surface area contributed by atoms with Crippen molar-refractivity contribution in [1.82, 2.24) is 5.32 Å². The highest BCUT2D eigenvalue weighted by atomic mass is 16.1. The Morgan fingerprint density at radius 3 is 2.56 bits per heavy atom. The average molecular weight is 332 g/mol. The summed E-state index contributed by atoms with van der Waals surface area (Å²) in [6.45, 7) is 6.69. The van der Waals surface area contributed by atoms with Crippen molar-refractivity contribution in [3.63, 3.8) is 0 Å². The summed E-state index contributed by atoms with van der Waals surface area (Å²) in [5, 5.41) is 3.45. The molecular formula is C22H24N2O. The molecule has 1 fully saturated rings. The van der Waals surface area contributed by atoms with Crippen molar-refractivity contribution in [2.75, 3.05) is 18.0 Å². The Labute approximate surface area is 149 Å². The Morgan fingerprint density at radius 1 is 1.12 bits per heavy atom. The van der Waals surface area contributed by atoms with Gasteiger partial charge in [0.1, 0.15) is 6.29 Å². The number of aldehydes is 1. The van der Waals surface area contributed by atoms with Gasteiger partial charge in [0, 0.05) is 17.6 Å². The third-order valence-corrected chi connectivity index (χ3v) is 5.82. The number of anilines is 1. The number of fused-ring (bicyclic) bond motifs is 2. The Kier molecular flexibility index (Phi) is 4.18. The zero-order chi connectivity index (χ0) is 17.3. The van der Waals surface area contributed by atoms with Crippen LogP contribution in [-0.4, -0.2) is 25.4 Å². The maximum atomic E-state index is 12.3. The fourth-order valence-corrected chi connectivity index (χ4v) is 4.69. The predicted molar refractivity (Wildman–Crippen MR) is 103 cm³/mol. The summed E-state index contributed by atoms with van der Waals surface area (Å²) in [4.78, 5) is 14.6.